The van der Waals surface area contributed by atoms with Gasteiger partial charge >= 0.3 is 5.97 Å². The first-order valence-corrected chi connectivity index (χ1v) is 8.49. The molecular weight excluding hydrogens is 338 g/mol. The maximum absolute atomic E-state index is 12.7. The van der Waals surface area contributed by atoms with Gasteiger partial charge in [0.05, 0.1) is 17.5 Å². The SMILES string of the molecule is Cc1c(C(=O)NC2(C(=O)O)CCC(C)CC2)cnn1-c1ccc(=O)[nH]n1. The van der Waals surface area contributed by atoms with Crippen LogP contribution in [-0.2, 0) is 4.79 Å². The number of carboxylic acids is 1. The molecule has 0 spiro atoms. The number of H-pyrrole nitrogens is 1. The predicted molar refractivity (Wildman–Crippen MR) is 92.2 cm³/mol. The molecule has 0 radical (unpaired) electrons. The molecule has 0 atom stereocenters. The van der Waals surface area contributed by atoms with E-state index in [0.717, 1.165) is 12.8 Å². The summed E-state index contributed by atoms with van der Waals surface area (Å²) in [4.78, 5) is 35.7. The average Bonchev–Trinajstić information content (AvgIpc) is 2.99. The van der Waals surface area contributed by atoms with E-state index < -0.39 is 17.4 Å². The summed E-state index contributed by atoms with van der Waals surface area (Å²) in [6, 6.07) is 2.80. The lowest BCUT2D eigenvalue weighted by Gasteiger charge is -2.36. The molecule has 0 aliphatic heterocycles. The van der Waals surface area contributed by atoms with Gasteiger partial charge in [0.25, 0.3) is 11.5 Å². The van der Waals surface area contributed by atoms with E-state index >= 15 is 0 Å². The number of carboxylic acid groups (broad SMARTS) is 1. The van der Waals surface area contributed by atoms with Crippen LogP contribution in [0, 0.1) is 12.8 Å². The highest BCUT2D eigenvalue weighted by atomic mass is 16.4. The van der Waals surface area contributed by atoms with E-state index in [2.05, 4.69) is 27.5 Å². The highest BCUT2D eigenvalue weighted by Gasteiger charge is 2.43. The molecular formula is C17H21N5O4. The largest absolute Gasteiger partial charge is 0.480 e. The third kappa shape index (κ3) is 3.24. The second-order valence-corrected chi connectivity index (χ2v) is 6.86. The Labute approximate surface area is 149 Å². The van der Waals surface area contributed by atoms with Crippen molar-refractivity contribution in [3.8, 4) is 5.82 Å². The smallest absolute Gasteiger partial charge is 0.329 e. The highest BCUT2D eigenvalue weighted by molar-refractivity contribution is 5.98. The van der Waals surface area contributed by atoms with Crippen LogP contribution in [0.5, 0.6) is 0 Å². The number of hydrogen-bond acceptors (Lipinski definition) is 5. The molecule has 0 unspecified atom stereocenters. The molecule has 3 rings (SSSR count). The number of amides is 1. The minimum atomic E-state index is -1.24. The van der Waals surface area contributed by atoms with Crippen molar-refractivity contribution in [1.29, 1.82) is 0 Å². The molecule has 138 valence electrons. The minimum Gasteiger partial charge on any atom is -0.480 e. The number of hydrogen-bond donors (Lipinski definition) is 3. The van der Waals surface area contributed by atoms with Crippen molar-refractivity contribution in [2.45, 2.75) is 45.1 Å². The van der Waals surface area contributed by atoms with E-state index in [9.17, 15) is 19.5 Å². The lowest BCUT2D eigenvalue weighted by Crippen LogP contribution is -2.56. The first kappa shape index (κ1) is 17.8. The molecule has 2 heterocycles. The molecule has 0 saturated heterocycles. The summed E-state index contributed by atoms with van der Waals surface area (Å²) in [5.74, 6) is -0.670. The molecule has 3 N–H and O–H groups in total. The van der Waals surface area contributed by atoms with E-state index in [4.69, 9.17) is 0 Å². The normalized spacial score (nSPS) is 22.8. The maximum atomic E-state index is 12.7. The summed E-state index contributed by atoms with van der Waals surface area (Å²) in [6.07, 6.45) is 3.70. The third-order valence-electron chi connectivity index (χ3n) is 5.03. The van der Waals surface area contributed by atoms with Crippen molar-refractivity contribution in [2.24, 2.45) is 5.92 Å². The molecule has 1 aliphatic rings. The molecule has 26 heavy (non-hydrogen) atoms. The Morgan fingerprint density at radius 1 is 1.35 bits per heavy atom. The Kier molecular flexibility index (Phi) is 4.62. The van der Waals surface area contributed by atoms with Gasteiger partial charge in [-0.2, -0.15) is 10.2 Å². The van der Waals surface area contributed by atoms with Crippen molar-refractivity contribution < 1.29 is 14.7 Å². The van der Waals surface area contributed by atoms with Crippen LogP contribution in [0.3, 0.4) is 0 Å². The number of carbonyl (C=O) groups excluding carboxylic acids is 1. The van der Waals surface area contributed by atoms with Gasteiger partial charge in [-0.3, -0.25) is 9.59 Å². The van der Waals surface area contributed by atoms with Crippen LogP contribution in [0.25, 0.3) is 5.82 Å². The average molecular weight is 359 g/mol. The summed E-state index contributed by atoms with van der Waals surface area (Å²) in [7, 11) is 0. The molecule has 0 bridgehead atoms. The van der Waals surface area contributed by atoms with Gasteiger partial charge in [-0.15, -0.1) is 0 Å². The van der Waals surface area contributed by atoms with E-state index in [1.165, 1.54) is 23.0 Å². The maximum Gasteiger partial charge on any atom is 0.329 e. The summed E-state index contributed by atoms with van der Waals surface area (Å²) >= 11 is 0. The number of nitrogens with one attached hydrogen (secondary N) is 2. The van der Waals surface area contributed by atoms with Gasteiger partial charge in [0.15, 0.2) is 5.82 Å². The minimum absolute atomic E-state index is 0.275. The van der Waals surface area contributed by atoms with Crippen molar-refractivity contribution in [3.63, 3.8) is 0 Å². The van der Waals surface area contributed by atoms with Crippen LogP contribution in [0.2, 0.25) is 0 Å². The Bertz CT molecular complexity index is 872. The Balaban J connectivity index is 1.85. The van der Waals surface area contributed by atoms with Gasteiger partial charge in [0.1, 0.15) is 5.54 Å². The van der Waals surface area contributed by atoms with Crippen LogP contribution >= 0.6 is 0 Å². The fourth-order valence-electron chi connectivity index (χ4n) is 3.25. The fraction of sp³-hybridized carbons (Fsp3) is 0.471. The predicted octanol–water partition coefficient (Wildman–Crippen LogP) is 1.03. The van der Waals surface area contributed by atoms with Crippen molar-refractivity contribution >= 4 is 11.9 Å². The molecule has 1 aliphatic carbocycles. The Morgan fingerprint density at radius 2 is 2.04 bits per heavy atom. The second-order valence-electron chi connectivity index (χ2n) is 6.86. The molecule has 2 aromatic heterocycles. The van der Waals surface area contributed by atoms with Crippen molar-refractivity contribution in [3.05, 3.63) is 39.9 Å². The number of rotatable bonds is 4. The van der Waals surface area contributed by atoms with Crippen LogP contribution < -0.4 is 10.9 Å². The second kappa shape index (κ2) is 6.74. The topological polar surface area (TPSA) is 130 Å². The first-order valence-electron chi connectivity index (χ1n) is 8.49. The number of aromatic amines is 1. The zero-order chi connectivity index (χ0) is 18.9. The number of aromatic nitrogens is 4. The number of nitrogens with zero attached hydrogens (tertiary/aromatic N) is 3. The third-order valence-corrected chi connectivity index (χ3v) is 5.03. The highest BCUT2D eigenvalue weighted by Crippen LogP contribution is 2.32. The van der Waals surface area contributed by atoms with Crippen LogP contribution in [0.1, 0.15) is 48.7 Å². The summed E-state index contributed by atoms with van der Waals surface area (Å²) in [5.41, 5.74) is -0.801. The van der Waals surface area contributed by atoms with Gasteiger partial charge in [0, 0.05) is 6.07 Å². The van der Waals surface area contributed by atoms with E-state index in [-0.39, 0.29) is 11.1 Å². The van der Waals surface area contributed by atoms with Gasteiger partial charge in [-0.05, 0) is 44.6 Å². The molecule has 9 nitrogen and oxygen atoms in total. The van der Waals surface area contributed by atoms with E-state index in [1.807, 2.05) is 0 Å². The van der Waals surface area contributed by atoms with Gasteiger partial charge in [0.2, 0.25) is 0 Å². The Hall–Kier alpha value is -2.97. The molecule has 1 fully saturated rings. The standard InChI is InChI=1S/C17H21N5O4/c1-10-5-7-17(8-6-10,16(25)26)19-15(24)12-9-18-22(11(12)2)13-3-4-14(23)21-20-13/h3-4,9-10H,5-8H2,1-2H3,(H,19,24)(H,21,23)(H,25,26). The van der Waals surface area contributed by atoms with E-state index in [1.54, 1.807) is 6.92 Å². The fourth-order valence-corrected chi connectivity index (χ4v) is 3.25. The van der Waals surface area contributed by atoms with Gasteiger partial charge in [-0.1, -0.05) is 6.92 Å². The summed E-state index contributed by atoms with van der Waals surface area (Å²) < 4.78 is 1.42. The number of carbonyl (C=O) groups is 2. The summed E-state index contributed by atoms with van der Waals surface area (Å²) in [6.45, 7) is 3.77. The van der Waals surface area contributed by atoms with E-state index in [0.29, 0.717) is 30.3 Å². The molecule has 0 aromatic carbocycles. The van der Waals surface area contributed by atoms with Crippen molar-refractivity contribution in [1.82, 2.24) is 25.3 Å². The van der Waals surface area contributed by atoms with Gasteiger partial charge < -0.3 is 10.4 Å². The monoisotopic (exact) mass is 359 g/mol. The number of aliphatic carboxylic acids is 1. The lowest BCUT2D eigenvalue weighted by atomic mass is 9.77. The molecule has 2 aromatic rings. The quantitative estimate of drug-likeness (QED) is 0.747. The lowest BCUT2D eigenvalue weighted by molar-refractivity contribution is -0.146. The zero-order valence-electron chi connectivity index (χ0n) is 14.7. The first-order chi connectivity index (χ1) is 12.3. The van der Waals surface area contributed by atoms with Crippen LogP contribution in [0.15, 0.2) is 23.1 Å². The molecule has 1 amide bonds. The van der Waals surface area contributed by atoms with Gasteiger partial charge in [-0.25, -0.2) is 14.6 Å². The molecule has 1 saturated carbocycles. The summed E-state index contributed by atoms with van der Waals surface area (Å²) in [5, 5.41) is 22.7. The van der Waals surface area contributed by atoms with Crippen LogP contribution in [-0.4, -0.2) is 42.5 Å². The van der Waals surface area contributed by atoms with Crippen molar-refractivity contribution in [2.75, 3.05) is 0 Å². The molecule has 9 heteroatoms. The van der Waals surface area contributed by atoms with Crippen LogP contribution in [0.4, 0.5) is 0 Å². The Morgan fingerprint density at radius 3 is 2.62 bits per heavy atom. The zero-order valence-corrected chi connectivity index (χ0v) is 14.7.